The molecule has 1 N–H and O–H groups in total. The number of carboxylic acid groups (broad SMARTS) is 1. The number of benzene rings is 1. The van der Waals surface area contributed by atoms with Crippen LogP contribution < -0.4 is 5.30 Å². The first kappa shape index (κ1) is 16.8. The van der Waals surface area contributed by atoms with Crippen molar-refractivity contribution in [3.63, 3.8) is 0 Å². The summed E-state index contributed by atoms with van der Waals surface area (Å²) >= 11 is 0. The van der Waals surface area contributed by atoms with Crippen molar-refractivity contribution >= 4 is 18.9 Å². The van der Waals surface area contributed by atoms with Gasteiger partial charge in [0.25, 0.3) is 6.43 Å². The van der Waals surface area contributed by atoms with Crippen molar-refractivity contribution in [2.24, 2.45) is 0 Å². The van der Waals surface area contributed by atoms with Gasteiger partial charge in [-0.15, -0.1) is 0 Å². The Morgan fingerprint density at radius 2 is 1.85 bits per heavy atom. The summed E-state index contributed by atoms with van der Waals surface area (Å²) in [5, 5.41) is 8.77. The van der Waals surface area contributed by atoms with Gasteiger partial charge in [0.1, 0.15) is 0 Å². The van der Waals surface area contributed by atoms with Crippen LogP contribution >= 0.6 is 7.60 Å². The van der Waals surface area contributed by atoms with Crippen LogP contribution in [0.5, 0.6) is 0 Å². The zero-order chi connectivity index (χ0) is 15.3. The van der Waals surface area contributed by atoms with Gasteiger partial charge in [-0.2, -0.15) is 0 Å². The predicted octanol–water partition coefficient (Wildman–Crippen LogP) is 3.21. The highest BCUT2D eigenvalue weighted by atomic mass is 31.2. The topological polar surface area (TPSA) is 72.8 Å². The first-order valence-corrected chi connectivity index (χ1v) is 7.45. The third-order valence-corrected chi connectivity index (χ3v) is 4.52. The minimum absolute atomic E-state index is 0.0714. The second-order valence-corrected chi connectivity index (χ2v) is 5.74. The molecule has 0 spiro atoms. The van der Waals surface area contributed by atoms with Crippen molar-refractivity contribution in [3.8, 4) is 0 Å². The van der Waals surface area contributed by atoms with Crippen LogP contribution in [0, 0.1) is 0 Å². The summed E-state index contributed by atoms with van der Waals surface area (Å²) in [6, 6.07) is 3.01. The highest BCUT2D eigenvalue weighted by molar-refractivity contribution is 7.62. The van der Waals surface area contributed by atoms with Gasteiger partial charge in [0.2, 0.25) is 0 Å². The molecule has 0 heterocycles. The van der Waals surface area contributed by atoms with Crippen molar-refractivity contribution in [1.29, 1.82) is 0 Å². The maximum Gasteiger partial charge on any atom is 0.361 e. The molecule has 0 bridgehead atoms. The summed E-state index contributed by atoms with van der Waals surface area (Å²) in [6.45, 7) is 3.32. The third kappa shape index (κ3) is 3.62. The molecular formula is C12H15F2O5P. The maximum atomic E-state index is 12.9. The van der Waals surface area contributed by atoms with Crippen LogP contribution in [0.4, 0.5) is 8.78 Å². The SMILES string of the molecule is CCOP(=O)(OCC)c1ccc(C(=O)O)c(C(F)F)c1. The number of hydrogen-bond donors (Lipinski definition) is 1. The van der Waals surface area contributed by atoms with Gasteiger partial charge < -0.3 is 14.2 Å². The molecule has 1 aromatic rings. The molecule has 0 aromatic heterocycles. The van der Waals surface area contributed by atoms with Gasteiger partial charge in [0.15, 0.2) is 0 Å². The van der Waals surface area contributed by atoms with Crippen LogP contribution in [0.25, 0.3) is 0 Å². The van der Waals surface area contributed by atoms with Crippen LogP contribution in [0.1, 0.15) is 36.2 Å². The molecule has 0 radical (unpaired) electrons. The first-order chi connectivity index (χ1) is 9.35. The summed E-state index contributed by atoms with van der Waals surface area (Å²) in [5.41, 5.74) is -1.25. The lowest BCUT2D eigenvalue weighted by Crippen LogP contribution is -2.14. The lowest BCUT2D eigenvalue weighted by atomic mass is 10.1. The molecule has 0 amide bonds. The number of carboxylic acids is 1. The Hall–Kier alpha value is -1.30. The number of hydrogen-bond acceptors (Lipinski definition) is 4. The molecule has 1 rings (SSSR count). The van der Waals surface area contributed by atoms with Gasteiger partial charge in [0, 0.05) is 5.56 Å². The average molecular weight is 308 g/mol. The van der Waals surface area contributed by atoms with Crippen LogP contribution in [0.2, 0.25) is 0 Å². The molecule has 0 aliphatic heterocycles. The van der Waals surface area contributed by atoms with E-state index in [9.17, 15) is 18.1 Å². The minimum Gasteiger partial charge on any atom is -0.478 e. The molecule has 0 atom stereocenters. The Morgan fingerprint density at radius 3 is 2.25 bits per heavy atom. The molecule has 8 heteroatoms. The molecular weight excluding hydrogens is 293 g/mol. The molecule has 1 aromatic carbocycles. The number of rotatable bonds is 7. The fourth-order valence-corrected chi connectivity index (χ4v) is 3.23. The molecule has 0 aliphatic rings. The van der Waals surface area contributed by atoms with E-state index < -0.39 is 31.1 Å². The molecule has 20 heavy (non-hydrogen) atoms. The van der Waals surface area contributed by atoms with E-state index in [0.717, 1.165) is 12.1 Å². The molecule has 0 fully saturated rings. The van der Waals surface area contributed by atoms with Crippen molar-refractivity contribution in [3.05, 3.63) is 29.3 Å². The lowest BCUT2D eigenvalue weighted by molar-refractivity contribution is 0.0684. The highest BCUT2D eigenvalue weighted by Crippen LogP contribution is 2.47. The first-order valence-electron chi connectivity index (χ1n) is 5.90. The van der Waals surface area contributed by atoms with E-state index in [1.165, 1.54) is 6.07 Å². The monoisotopic (exact) mass is 308 g/mol. The number of carbonyl (C=O) groups is 1. The maximum absolute atomic E-state index is 12.9. The standard InChI is InChI=1S/C12H15F2O5P/c1-3-18-20(17,19-4-2)8-5-6-9(12(15)16)10(7-8)11(13)14/h5-7,11H,3-4H2,1-2H3,(H,15,16). The normalized spacial score (nSPS) is 11.8. The van der Waals surface area contributed by atoms with E-state index in [2.05, 4.69) is 0 Å². The fraction of sp³-hybridized carbons (Fsp3) is 0.417. The Kier molecular flexibility index (Phi) is 5.80. The van der Waals surface area contributed by atoms with E-state index in [1.807, 2.05) is 0 Å². The largest absolute Gasteiger partial charge is 0.478 e. The Bertz CT molecular complexity index is 523. The van der Waals surface area contributed by atoms with Gasteiger partial charge >= 0.3 is 13.6 Å². The summed E-state index contributed by atoms with van der Waals surface area (Å²) in [7, 11) is -3.71. The van der Waals surface area contributed by atoms with Gasteiger partial charge in [-0.25, -0.2) is 13.6 Å². The molecule has 0 aliphatic carbocycles. The number of alkyl halides is 2. The van der Waals surface area contributed by atoms with E-state index >= 15 is 0 Å². The zero-order valence-corrected chi connectivity index (χ0v) is 11.9. The molecule has 0 unspecified atom stereocenters. The summed E-state index contributed by atoms with van der Waals surface area (Å²) in [6.07, 6.45) is -3.00. The van der Waals surface area contributed by atoms with Gasteiger partial charge in [0.05, 0.1) is 24.1 Å². The van der Waals surface area contributed by atoms with Gasteiger partial charge in [-0.05, 0) is 32.0 Å². The van der Waals surface area contributed by atoms with Crippen LogP contribution in [0.15, 0.2) is 18.2 Å². The van der Waals surface area contributed by atoms with Gasteiger partial charge in [-0.1, -0.05) is 0 Å². The van der Waals surface area contributed by atoms with Crippen LogP contribution in [0.3, 0.4) is 0 Å². The second kappa shape index (κ2) is 6.92. The van der Waals surface area contributed by atoms with Crippen molar-refractivity contribution < 1.29 is 32.3 Å². The Morgan fingerprint density at radius 1 is 1.30 bits per heavy atom. The molecule has 0 saturated carbocycles. The summed E-state index contributed by atoms with van der Waals surface area (Å²) in [5.74, 6) is -1.48. The number of aromatic carboxylic acids is 1. The summed E-state index contributed by atoms with van der Waals surface area (Å²) in [4.78, 5) is 10.9. The van der Waals surface area contributed by atoms with Crippen molar-refractivity contribution in [1.82, 2.24) is 0 Å². The summed E-state index contributed by atoms with van der Waals surface area (Å²) < 4.78 is 48.3. The van der Waals surface area contributed by atoms with E-state index in [-0.39, 0.29) is 18.5 Å². The van der Waals surface area contributed by atoms with Crippen LogP contribution in [-0.2, 0) is 13.6 Å². The second-order valence-electron chi connectivity index (χ2n) is 3.71. The molecule has 5 nitrogen and oxygen atoms in total. The lowest BCUT2D eigenvalue weighted by Gasteiger charge is -2.18. The quantitative estimate of drug-likeness (QED) is 0.783. The van der Waals surface area contributed by atoms with E-state index in [1.54, 1.807) is 13.8 Å². The Labute approximate surface area is 115 Å². The van der Waals surface area contributed by atoms with Crippen molar-refractivity contribution in [2.75, 3.05) is 13.2 Å². The Balaban J connectivity index is 3.35. The minimum atomic E-state index is -3.71. The van der Waals surface area contributed by atoms with E-state index in [0.29, 0.717) is 0 Å². The third-order valence-electron chi connectivity index (χ3n) is 2.41. The smallest absolute Gasteiger partial charge is 0.361 e. The van der Waals surface area contributed by atoms with E-state index in [4.69, 9.17) is 14.2 Å². The molecule has 112 valence electrons. The van der Waals surface area contributed by atoms with Crippen molar-refractivity contribution in [2.45, 2.75) is 20.3 Å². The molecule has 0 saturated heterocycles. The fourth-order valence-electron chi connectivity index (χ4n) is 1.62. The average Bonchev–Trinajstić information content (AvgIpc) is 2.38. The zero-order valence-electron chi connectivity index (χ0n) is 11.0. The highest BCUT2D eigenvalue weighted by Gasteiger charge is 2.29. The van der Waals surface area contributed by atoms with Crippen LogP contribution in [-0.4, -0.2) is 24.3 Å². The van der Waals surface area contributed by atoms with Gasteiger partial charge in [-0.3, -0.25) is 4.57 Å². The number of halogens is 2. The predicted molar refractivity (Wildman–Crippen MR) is 68.9 cm³/mol.